The van der Waals surface area contributed by atoms with E-state index >= 15 is 0 Å². The zero-order valence-electron chi connectivity index (χ0n) is 13.1. The average Bonchev–Trinajstić information content (AvgIpc) is 2.61. The Balaban J connectivity index is 1.70. The first-order valence-corrected chi connectivity index (χ1v) is 7.80. The molecule has 1 atom stereocenters. The highest BCUT2D eigenvalue weighted by molar-refractivity contribution is 5.95. The SMILES string of the molecule is CC(C(=O)Nc1ccccc1C#N)N1CCc2ccccc2C1. The van der Waals surface area contributed by atoms with Crippen molar-refractivity contribution in [2.75, 3.05) is 11.9 Å². The topological polar surface area (TPSA) is 56.1 Å². The Morgan fingerprint density at radius 3 is 2.65 bits per heavy atom. The quantitative estimate of drug-likeness (QED) is 0.948. The number of carbonyl (C=O) groups excluding carboxylic acids is 1. The Kier molecular flexibility index (Phi) is 4.40. The van der Waals surface area contributed by atoms with Crippen molar-refractivity contribution in [3.05, 3.63) is 65.2 Å². The van der Waals surface area contributed by atoms with Crippen LogP contribution in [0.5, 0.6) is 0 Å². The number of carbonyl (C=O) groups is 1. The first kappa shape index (κ1) is 15.3. The molecule has 23 heavy (non-hydrogen) atoms. The van der Waals surface area contributed by atoms with Crippen LogP contribution in [0.2, 0.25) is 0 Å². The lowest BCUT2D eigenvalue weighted by molar-refractivity contribution is -0.121. The number of fused-ring (bicyclic) bond motifs is 1. The fourth-order valence-corrected chi connectivity index (χ4v) is 2.94. The Labute approximate surface area is 136 Å². The van der Waals surface area contributed by atoms with Crippen LogP contribution in [0.4, 0.5) is 5.69 Å². The predicted octanol–water partition coefficient (Wildman–Crippen LogP) is 2.94. The van der Waals surface area contributed by atoms with Crippen molar-refractivity contribution in [2.45, 2.75) is 25.9 Å². The van der Waals surface area contributed by atoms with Crippen LogP contribution < -0.4 is 5.32 Å². The summed E-state index contributed by atoms with van der Waals surface area (Å²) in [6, 6.07) is 17.3. The molecule has 1 heterocycles. The molecule has 0 saturated carbocycles. The van der Waals surface area contributed by atoms with Gasteiger partial charge in [0.2, 0.25) is 5.91 Å². The third-order valence-corrected chi connectivity index (χ3v) is 4.39. The first-order chi connectivity index (χ1) is 11.2. The molecule has 0 aromatic heterocycles. The van der Waals surface area contributed by atoms with Crippen LogP contribution in [0.3, 0.4) is 0 Å². The first-order valence-electron chi connectivity index (χ1n) is 7.80. The molecule has 4 nitrogen and oxygen atoms in total. The van der Waals surface area contributed by atoms with Crippen molar-refractivity contribution in [1.82, 2.24) is 4.90 Å². The van der Waals surface area contributed by atoms with E-state index in [0.29, 0.717) is 11.3 Å². The maximum absolute atomic E-state index is 12.5. The van der Waals surface area contributed by atoms with Gasteiger partial charge < -0.3 is 5.32 Å². The number of amides is 1. The highest BCUT2D eigenvalue weighted by Gasteiger charge is 2.25. The summed E-state index contributed by atoms with van der Waals surface area (Å²) in [6.07, 6.45) is 0.961. The third kappa shape index (κ3) is 3.25. The minimum absolute atomic E-state index is 0.0768. The molecule has 3 rings (SSSR count). The standard InChI is InChI=1S/C19H19N3O/c1-14(19(23)21-18-9-5-4-7-16(18)12-20)22-11-10-15-6-2-3-8-17(15)13-22/h2-9,14H,10-11,13H2,1H3,(H,21,23). The molecule has 0 saturated heterocycles. The van der Waals surface area contributed by atoms with Gasteiger partial charge in [0, 0.05) is 13.1 Å². The van der Waals surface area contributed by atoms with Crippen molar-refractivity contribution in [3.63, 3.8) is 0 Å². The Bertz CT molecular complexity index is 763. The molecule has 1 unspecified atom stereocenters. The zero-order chi connectivity index (χ0) is 16.2. The molecule has 0 spiro atoms. The van der Waals surface area contributed by atoms with Gasteiger partial charge in [-0.3, -0.25) is 9.69 Å². The van der Waals surface area contributed by atoms with Crippen molar-refractivity contribution in [2.24, 2.45) is 0 Å². The summed E-state index contributed by atoms with van der Waals surface area (Å²) in [5.41, 5.74) is 3.71. The number of anilines is 1. The summed E-state index contributed by atoms with van der Waals surface area (Å²) in [6.45, 7) is 3.56. The molecule has 0 radical (unpaired) electrons. The summed E-state index contributed by atoms with van der Waals surface area (Å²) in [5, 5.41) is 12.0. The highest BCUT2D eigenvalue weighted by atomic mass is 16.2. The van der Waals surface area contributed by atoms with Gasteiger partial charge in [-0.1, -0.05) is 36.4 Å². The van der Waals surface area contributed by atoms with E-state index in [1.54, 1.807) is 18.2 Å². The molecule has 1 amide bonds. The number of para-hydroxylation sites is 1. The van der Waals surface area contributed by atoms with Crippen molar-refractivity contribution >= 4 is 11.6 Å². The molecule has 0 bridgehead atoms. The Morgan fingerprint density at radius 1 is 1.17 bits per heavy atom. The van der Waals surface area contributed by atoms with E-state index in [1.165, 1.54) is 11.1 Å². The number of nitrogens with zero attached hydrogens (tertiary/aromatic N) is 2. The van der Waals surface area contributed by atoms with Crippen LogP contribution in [-0.4, -0.2) is 23.4 Å². The van der Waals surface area contributed by atoms with E-state index in [2.05, 4.69) is 34.5 Å². The van der Waals surface area contributed by atoms with Crippen molar-refractivity contribution in [3.8, 4) is 6.07 Å². The van der Waals surface area contributed by atoms with Crippen molar-refractivity contribution < 1.29 is 4.79 Å². The van der Waals surface area contributed by atoms with Crippen LogP contribution >= 0.6 is 0 Å². The van der Waals surface area contributed by atoms with Crippen LogP contribution in [-0.2, 0) is 17.8 Å². The fraction of sp³-hybridized carbons (Fsp3) is 0.263. The minimum atomic E-state index is -0.241. The normalized spacial score (nSPS) is 15.3. The van der Waals surface area contributed by atoms with Gasteiger partial charge in [-0.15, -0.1) is 0 Å². The summed E-state index contributed by atoms with van der Waals surface area (Å²) in [5.74, 6) is -0.0768. The molecular formula is C19H19N3O. The number of benzene rings is 2. The molecule has 0 fully saturated rings. The predicted molar refractivity (Wildman–Crippen MR) is 89.8 cm³/mol. The second kappa shape index (κ2) is 6.64. The largest absolute Gasteiger partial charge is 0.324 e. The summed E-state index contributed by atoms with van der Waals surface area (Å²) >= 11 is 0. The van der Waals surface area contributed by atoms with Gasteiger partial charge in [-0.05, 0) is 36.6 Å². The van der Waals surface area contributed by atoms with Gasteiger partial charge in [-0.2, -0.15) is 5.26 Å². The van der Waals surface area contributed by atoms with Gasteiger partial charge in [0.05, 0.1) is 17.3 Å². The molecule has 1 aliphatic heterocycles. The number of hydrogen-bond donors (Lipinski definition) is 1. The third-order valence-electron chi connectivity index (χ3n) is 4.39. The molecule has 1 N–H and O–H groups in total. The van der Waals surface area contributed by atoms with Crippen LogP contribution in [0.1, 0.15) is 23.6 Å². The summed E-state index contributed by atoms with van der Waals surface area (Å²) in [4.78, 5) is 14.7. The van der Waals surface area contributed by atoms with Gasteiger partial charge in [0.15, 0.2) is 0 Å². The Morgan fingerprint density at radius 2 is 1.87 bits per heavy atom. The number of hydrogen-bond acceptors (Lipinski definition) is 3. The van der Waals surface area contributed by atoms with Gasteiger partial charge in [0.1, 0.15) is 6.07 Å². The van der Waals surface area contributed by atoms with E-state index in [0.717, 1.165) is 19.5 Å². The molecule has 0 aliphatic carbocycles. The number of rotatable bonds is 3. The highest BCUT2D eigenvalue weighted by Crippen LogP contribution is 2.21. The van der Waals surface area contributed by atoms with Gasteiger partial charge >= 0.3 is 0 Å². The molecule has 4 heteroatoms. The number of nitrogens with one attached hydrogen (secondary N) is 1. The van der Waals surface area contributed by atoms with E-state index in [4.69, 9.17) is 5.26 Å². The molecular weight excluding hydrogens is 286 g/mol. The second-order valence-electron chi connectivity index (χ2n) is 5.81. The van der Waals surface area contributed by atoms with Crippen LogP contribution in [0.25, 0.3) is 0 Å². The lowest BCUT2D eigenvalue weighted by Crippen LogP contribution is -2.44. The average molecular weight is 305 g/mol. The van der Waals surface area contributed by atoms with E-state index < -0.39 is 0 Å². The lowest BCUT2D eigenvalue weighted by atomic mass is 9.98. The van der Waals surface area contributed by atoms with E-state index in [-0.39, 0.29) is 11.9 Å². The molecule has 2 aromatic rings. The lowest BCUT2D eigenvalue weighted by Gasteiger charge is -2.32. The smallest absolute Gasteiger partial charge is 0.241 e. The second-order valence-corrected chi connectivity index (χ2v) is 5.81. The van der Waals surface area contributed by atoms with Gasteiger partial charge in [-0.25, -0.2) is 0 Å². The molecule has 2 aromatic carbocycles. The Hall–Kier alpha value is -2.64. The van der Waals surface area contributed by atoms with Crippen LogP contribution in [0.15, 0.2) is 48.5 Å². The summed E-state index contributed by atoms with van der Waals surface area (Å²) < 4.78 is 0. The zero-order valence-corrected chi connectivity index (χ0v) is 13.1. The van der Waals surface area contributed by atoms with Gasteiger partial charge in [0.25, 0.3) is 0 Å². The molecule has 116 valence electrons. The van der Waals surface area contributed by atoms with Crippen LogP contribution in [0, 0.1) is 11.3 Å². The number of nitriles is 1. The maximum Gasteiger partial charge on any atom is 0.241 e. The van der Waals surface area contributed by atoms with E-state index in [9.17, 15) is 4.79 Å². The maximum atomic E-state index is 12.5. The fourth-order valence-electron chi connectivity index (χ4n) is 2.94. The van der Waals surface area contributed by atoms with Crippen molar-refractivity contribution in [1.29, 1.82) is 5.26 Å². The monoisotopic (exact) mass is 305 g/mol. The minimum Gasteiger partial charge on any atom is -0.324 e. The molecule has 1 aliphatic rings. The van der Waals surface area contributed by atoms with E-state index in [1.807, 2.05) is 19.1 Å². The summed E-state index contributed by atoms with van der Waals surface area (Å²) in [7, 11) is 0.